The molecule has 2 aromatic carbocycles. The molecule has 3 aliphatic rings. The zero-order chi connectivity index (χ0) is 24.3. The minimum Gasteiger partial charge on any atom is -0.384 e. The van der Waals surface area contributed by atoms with Crippen molar-refractivity contribution in [2.75, 3.05) is 16.3 Å². The van der Waals surface area contributed by atoms with Crippen LogP contribution in [0.25, 0.3) is 0 Å². The second-order valence-corrected chi connectivity index (χ2v) is 9.78. The van der Waals surface area contributed by atoms with Crippen molar-refractivity contribution in [1.29, 1.82) is 5.26 Å². The Morgan fingerprint density at radius 2 is 1.76 bits per heavy atom. The summed E-state index contributed by atoms with van der Waals surface area (Å²) in [6.45, 7) is 8.15. The van der Waals surface area contributed by atoms with Gasteiger partial charge in [-0.1, -0.05) is 56.3 Å². The van der Waals surface area contributed by atoms with Crippen molar-refractivity contribution in [3.63, 3.8) is 0 Å². The fourth-order valence-corrected chi connectivity index (χ4v) is 5.74. The molecule has 1 unspecified atom stereocenters. The lowest BCUT2D eigenvalue weighted by Crippen LogP contribution is -2.53. The minimum absolute atomic E-state index is 0.0900. The van der Waals surface area contributed by atoms with Gasteiger partial charge in [0.15, 0.2) is 5.78 Å². The summed E-state index contributed by atoms with van der Waals surface area (Å²) >= 11 is 0. The van der Waals surface area contributed by atoms with Gasteiger partial charge in [0.05, 0.1) is 5.57 Å². The molecule has 0 bridgehead atoms. The van der Waals surface area contributed by atoms with Crippen molar-refractivity contribution in [3.8, 4) is 6.07 Å². The lowest BCUT2D eigenvalue weighted by molar-refractivity contribution is -0.125. The van der Waals surface area contributed by atoms with E-state index in [0.29, 0.717) is 28.9 Å². The van der Waals surface area contributed by atoms with Crippen molar-refractivity contribution in [1.82, 2.24) is 0 Å². The van der Waals surface area contributed by atoms with Crippen molar-refractivity contribution in [3.05, 3.63) is 95.5 Å². The maximum absolute atomic E-state index is 14.3. The molecule has 2 aliphatic heterocycles. The van der Waals surface area contributed by atoms with Crippen LogP contribution in [-0.2, 0) is 15.0 Å². The Labute approximate surface area is 199 Å². The average Bonchev–Trinajstić information content (AvgIpc) is 3.03. The smallest absolute Gasteiger partial charge is 0.248 e. The molecule has 0 saturated carbocycles. The molecule has 6 nitrogen and oxygen atoms in total. The number of nitriles is 1. The highest BCUT2D eigenvalue weighted by molar-refractivity contribution is 6.21. The number of hydrogen-bond acceptors (Lipinski definition) is 5. The van der Waals surface area contributed by atoms with E-state index in [1.165, 1.54) is 0 Å². The fraction of sp³-hybridized carbons (Fsp3) is 0.250. The monoisotopic (exact) mass is 450 g/mol. The number of fused-ring (bicyclic) bond motifs is 3. The van der Waals surface area contributed by atoms with Crippen LogP contribution in [0, 0.1) is 16.7 Å². The first kappa shape index (κ1) is 21.7. The molecule has 0 saturated heterocycles. The van der Waals surface area contributed by atoms with Gasteiger partial charge in [-0.05, 0) is 30.0 Å². The van der Waals surface area contributed by atoms with Gasteiger partial charge in [0.25, 0.3) is 0 Å². The van der Waals surface area contributed by atoms with Crippen LogP contribution in [0.5, 0.6) is 0 Å². The first-order chi connectivity index (χ1) is 16.3. The Hall–Kier alpha value is -4.11. The number of hydrogen-bond donors (Lipinski definition) is 1. The van der Waals surface area contributed by atoms with Crippen LogP contribution in [0.4, 0.5) is 11.4 Å². The largest absolute Gasteiger partial charge is 0.384 e. The first-order valence-corrected chi connectivity index (χ1v) is 11.3. The van der Waals surface area contributed by atoms with Gasteiger partial charge >= 0.3 is 0 Å². The van der Waals surface area contributed by atoms with E-state index in [0.717, 1.165) is 5.69 Å². The van der Waals surface area contributed by atoms with E-state index in [9.17, 15) is 14.9 Å². The van der Waals surface area contributed by atoms with Crippen molar-refractivity contribution >= 4 is 23.1 Å². The molecule has 1 spiro atoms. The summed E-state index contributed by atoms with van der Waals surface area (Å²) in [6, 6.07) is 19.1. The van der Waals surface area contributed by atoms with Crippen molar-refractivity contribution in [2.24, 2.45) is 11.1 Å². The van der Waals surface area contributed by atoms with Gasteiger partial charge in [0.1, 0.15) is 17.3 Å². The molecule has 2 aromatic rings. The number of benzene rings is 2. The number of para-hydroxylation sites is 2. The van der Waals surface area contributed by atoms with Gasteiger partial charge in [-0.15, -0.1) is 6.58 Å². The van der Waals surface area contributed by atoms with Crippen LogP contribution in [0.3, 0.4) is 0 Å². The number of allylic oxidation sites excluding steroid dienone is 1. The van der Waals surface area contributed by atoms with E-state index in [1.807, 2.05) is 68.4 Å². The van der Waals surface area contributed by atoms with Crippen molar-refractivity contribution in [2.45, 2.75) is 32.1 Å². The Balaban J connectivity index is 1.91. The van der Waals surface area contributed by atoms with Gasteiger partial charge in [-0.3, -0.25) is 14.5 Å². The number of carbonyl (C=O) groups excluding carboxylic acids is 2. The average molecular weight is 451 g/mol. The third-order valence-corrected chi connectivity index (χ3v) is 6.97. The Morgan fingerprint density at radius 1 is 1.09 bits per heavy atom. The Bertz CT molecular complexity index is 1350. The molecule has 0 radical (unpaired) electrons. The summed E-state index contributed by atoms with van der Waals surface area (Å²) in [4.78, 5) is 31.6. The summed E-state index contributed by atoms with van der Waals surface area (Å²) in [7, 11) is 0. The van der Waals surface area contributed by atoms with E-state index in [4.69, 9.17) is 5.73 Å². The number of amides is 1. The zero-order valence-electron chi connectivity index (χ0n) is 19.3. The zero-order valence-corrected chi connectivity index (χ0v) is 19.3. The van der Waals surface area contributed by atoms with E-state index >= 15 is 0 Å². The third-order valence-electron chi connectivity index (χ3n) is 6.97. The molecular formula is C28H26N4O2. The van der Waals surface area contributed by atoms with Crippen LogP contribution < -0.4 is 15.5 Å². The van der Waals surface area contributed by atoms with E-state index in [1.54, 1.807) is 15.9 Å². The molecule has 5 rings (SSSR count). The maximum Gasteiger partial charge on any atom is 0.248 e. The normalized spacial score (nSPS) is 23.2. The molecule has 34 heavy (non-hydrogen) atoms. The molecular weight excluding hydrogens is 424 g/mol. The molecule has 1 atom stereocenters. The topological polar surface area (TPSA) is 90.4 Å². The molecule has 2 N–H and O–H groups in total. The number of anilines is 2. The predicted octanol–water partition coefficient (Wildman–Crippen LogP) is 4.31. The molecule has 1 aliphatic carbocycles. The number of rotatable bonds is 3. The highest BCUT2D eigenvalue weighted by atomic mass is 16.2. The molecule has 0 fully saturated rings. The number of Topliss-reactive ketones (excluding diaryl/α,β-unsaturated/α-hetero) is 1. The molecule has 1 amide bonds. The third kappa shape index (κ3) is 2.73. The number of nitrogens with zero attached hydrogens (tertiary/aromatic N) is 3. The lowest BCUT2D eigenvalue weighted by Gasteiger charge is -2.47. The highest BCUT2D eigenvalue weighted by Gasteiger charge is 2.63. The second kappa shape index (κ2) is 7.46. The van der Waals surface area contributed by atoms with Crippen LogP contribution in [0.15, 0.2) is 89.9 Å². The molecule has 0 aromatic heterocycles. The quantitative estimate of drug-likeness (QED) is 0.704. The lowest BCUT2D eigenvalue weighted by atomic mass is 9.60. The van der Waals surface area contributed by atoms with E-state index < -0.39 is 5.41 Å². The van der Waals surface area contributed by atoms with Crippen LogP contribution in [0.1, 0.15) is 32.3 Å². The van der Waals surface area contributed by atoms with Gasteiger partial charge < -0.3 is 10.6 Å². The molecule has 2 heterocycles. The summed E-state index contributed by atoms with van der Waals surface area (Å²) in [5.74, 6) is -0.279. The minimum atomic E-state index is -1.56. The van der Waals surface area contributed by atoms with Gasteiger partial charge in [0.2, 0.25) is 5.91 Å². The first-order valence-electron chi connectivity index (χ1n) is 11.3. The number of carbonyl (C=O) groups is 2. The molecule has 6 heteroatoms. The van der Waals surface area contributed by atoms with E-state index in [-0.39, 0.29) is 41.5 Å². The van der Waals surface area contributed by atoms with Crippen LogP contribution in [0.2, 0.25) is 0 Å². The number of nitrogens with two attached hydrogens (primary N) is 1. The van der Waals surface area contributed by atoms with Gasteiger partial charge in [-0.2, -0.15) is 5.26 Å². The van der Waals surface area contributed by atoms with Crippen LogP contribution in [-0.4, -0.2) is 18.2 Å². The standard InChI is InChI=1S/C28H26N4O2/c1-4-14-31-21-13-9-8-12-19(21)28(26(31)34)20(17-29)25(30)32(18-10-6-5-7-11-18)22-15-27(2,3)16-23(33)24(22)28/h4-13H,1,14-16,30H2,2-3H3. The van der Waals surface area contributed by atoms with Gasteiger partial charge in [0, 0.05) is 41.2 Å². The van der Waals surface area contributed by atoms with Crippen molar-refractivity contribution < 1.29 is 9.59 Å². The Morgan fingerprint density at radius 3 is 2.44 bits per heavy atom. The van der Waals surface area contributed by atoms with E-state index in [2.05, 4.69) is 12.6 Å². The summed E-state index contributed by atoms with van der Waals surface area (Å²) in [5.41, 5.74) is 8.05. The summed E-state index contributed by atoms with van der Waals surface area (Å²) in [6.07, 6.45) is 2.47. The number of ketones is 1. The maximum atomic E-state index is 14.3. The Kier molecular flexibility index (Phi) is 4.76. The van der Waals surface area contributed by atoms with Crippen LogP contribution >= 0.6 is 0 Å². The fourth-order valence-electron chi connectivity index (χ4n) is 5.74. The highest BCUT2D eigenvalue weighted by Crippen LogP contribution is 2.58. The predicted molar refractivity (Wildman–Crippen MR) is 131 cm³/mol. The van der Waals surface area contributed by atoms with Gasteiger partial charge in [-0.25, -0.2) is 0 Å². The molecule has 170 valence electrons. The summed E-state index contributed by atoms with van der Waals surface area (Å²) < 4.78 is 0. The summed E-state index contributed by atoms with van der Waals surface area (Å²) in [5, 5.41) is 10.5. The SMILES string of the molecule is C=CCN1C(=O)C2(C(C#N)=C(N)N(c3ccccc3)C3=C2C(=O)CC(C)(C)C3)c2ccccc21. The second-order valence-electron chi connectivity index (χ2n) is 9.78.